The van der Waals surface area contributed by atoms with Crippen molar-refractivity contribution < 1.29 is 0 Å². The van der Waals surface area contributed by atoms with E-state index in [-0.39, 0.29) is 0 Å². The molecule has 0 aromatic heterocycles. The smallest absolute Gasteiger partial charge is 0.0283 e. The molecule has 0 aliphatic rings. The van der Waals surface area contributed by atoms with Gasteiger partial charge in [0.2, 0.25) is 0 Å². The number of fused-ring (bicyclic) bond motifs is 3. The van der Waals surface area contributed by atoms with Gasteiger partial charge >= 0.3 is 0 Å². The zero-order chi connectivity index (χ0) is 12.9. The van der Waals surface area contributed by atoms with Crippen LogP contribution in [-0.2, 0) is 0 Å². The van der Waals surface area contributed by atoms with Gasteiger partial charge in [-0.3, -0.25) is 0 Å². The summed E-state index contributed by atoms with van der Waals surface area (Å²) in [5, 5.41) is 5.15. The largest absolute Gasteiger partial charge is 0.0575 e. The first-order valence-corrected chi connectivity index (χ1v) is 7.45. The molecule has 0 saturated carbocycles. The van der Waals surface area contributed by atoms with E-state index in [0.29, 0.717) is 0 Å². The molecule has 0 heterocycles. The maximum Gasteiger partial charge on any atom is 0.0283 e. The lowest BCUT2D eigenvalue weighted by atomic mass is 9.99. The van der Waals surface area contributed by atoms with E-state index in [1.807, 2.05) is 0 Å². The molecule has 0 aliphatic carbocycles. The van der Waals surface area contributed by atoms with Gasteiger partial charge in [-0.05, 0) is 78.4 Å². The summed E-state index contributed by atoms with van der Waals surface area (Å²) in [5.74, 6) is 0. The number of benzene rings is 3. The summed E-state index contributed by atoms with van der Waals surface area (Å²) in [6, 6.07) is 13.1. The van der Waals surface area contributed by atoms with Crippen LogP contribution < -0.4 is 0 Å². The van der Waals surface area contributed by atoms with E-state index in [1.54, 1.807) is 0 Å². The van der Waals surface area contributed by atoms with Gasteiger partial charge in [0.1, 0.15) is 0 Å². The number of halogens is 2. The summed E-state index contributed by atoms with van der Waals surface area (Å²) in [5.41, 5.74) is 2.54. The van der Waals surface area contributed by atoms with Crippen LogP contribution in [0, 0.1) is 13.8 Å². The lowest BCUT2D eigenvalue weighted by Gasteiger charge is -2.10. The highest BCUT2D eigenvalue weighted by Gasteiger charge is 2.08. The van der Waals surface area contributed by atoms with Gasteiger partial charge in [0.25, 0.3) is 0 Å². The fourth-order valence-electron chi connectivity index (χ4n) is 2.37. The van der Waals surface area contributed by atoms with Crippen LogP contribution >= 0.6 is 31.9 Å². The fourth-order valence-corrected chi connectivity index (χ4v) is 3.32. The Morgan fingerprint density at radius 2 is 0.889 bits per heavy atom. The third kappa shape index (κ3) is 1.70. The summed E-state index contributed by atoms with van der Waals surface area (Å²) in [4.78, 5) is 0. The van der Waals surface area contributed by atoms with E-state index in [2.05, 4.69) is 82.1 Å². The number of hydrogen-bond acceptors (Lipinski definition) is 0. The van der Waals surface area contributed by atoms with Crippen molar-refractivity contribution in [1.82, 2.24) is 0 Å². The first kappa shape index (κ1) is 12.2. The van der Waals surface area contributed by atoms with Crippen LogP contribution in [0.25, 0.3) is 21.5 Å². The molecule has 0 saturated heterocycles. The van der Waals surface area contributed by atoms with Crippen LogP contribution in [0.1, 0.15) is 11.1 Å². The van der Waals surface area contributed by atoms with Crippen LogP contribution in [-0.4, -0.2) is 0 Å². The molecule has 0 aliphatic heterocycles. The average Bonchev–Trinajstić information content (AvgIpc) is 2.38. The second-order valence-electron chi connectivity index (χ2n) is 4.65. The molecule has 18 heavy (non-hydrogen) atoms. The van der Waals surface area contributed by atoms with E-state index in [0.717, 1.165) is 0 Å². The minimum Gasteiger partial charge on any atom is -0.0575 e. The van der Waals surface area contributed by atoms with Gasteiger partial charge in [0.05, 0.1) is 0 Å². The molecule has 0 nitrogen and oxygen atoms in total. The Labute approximate surface area is 123 Å². The zero-order valence-electron chi connectivity index (χ0n) is 10.2. The monoisotopic (exact) mass is 362 g/mol. The fraction of sp³-hybridized carbons (Fsp3) is 0.125. The Bertz CT molecular complexity index is 706. The highest BCUT2D eigenvalue weighted by atomic mass is 79.9. The summed E-state index contributed by atoms with van der Waals surface area (Å²) in [6.07, 6.45) is 0. The van der Waals surface area contributed by atoms with Gasteiger partial charge in [0.15, 0.2) is 0 Å². The Morgan fingerprint density at radius 1 is 0.556 bits per heavy atom. The molecule has 3 aromatic rings. The van der Waals surface area contributed by atoms with Crippen molar-refractivity contribution in [2.24, 2.45) is 0 Å². The van der Waals surface area contributed by atoms with Crippen LogP contribution in [0.5, 0.6) is 0 Å². The van der Waals surface area contributed by atoms with Gasteiger partial charge in [-0.2, -0.15) is 0 Å². The molecular weight excluding hydrogens is 352 g/mol. The van der Waals surface area contributed by atoms with Crippen molar-refractivity contribution in [1.29, 1.82) is 0 Å². The van der Waals surface area contributed by atoms with Gasteiger partial charge in [-0.1, -0.05) is 36.4 Å². The lowest BCUT2D eigenvalue weighted by Crippen LogP contribution is -1.84. The van der Waals surface area contributed by atoms with E-state index >= 15 is 0 Å². The Morgan fingerprint density at radius 3 is 1.28 bits per heavy atom. The summed E-state index contributed by atoms with van der Waals surface area (Å²) < 4.78 is 2.39. The van der Waals surface area contributed by atoms with E-state index in [1.165, 1.54) is 41.6 Å². The van der Waals surface area contributed by atoms with Crippen molar-refractivity contribution in [2.75, 3.05) is 0 Å². The summed E-state index contributed by atoms with van der Waals surface area (Å²) in [7, 11) is 0. The highest BCUT2D eigenvalue weighted by molar-refractivity contribution is 9.11. The molecule has 90 valence electrons. The van der Waals surface area contributed by atoms with Crippen LogP contribution in [0.4, 0.5) is 0 Å². The second kappa shape index (κ2) is 4.36. The third-order valence-corrected chi connectivity index (χ3v) is 5.56. The number of aryl methyl sites for hydroxylation is 2. The molecule has 0 radical (unpaired) electrons. The molecule has 0 atom stereocenters. The molecule has 0 bridgehead atoms. The molecule has 0 amide bonds. The first-order chi connectivity index (χ1) is 8.59. The van der Waals surface area contributed by atoms with Gasteiger partial charge in [0, 0.05) is 8.95 Å². The predicted octanol–water partition coefficient (Wildman–Crippen LogP) is 6.13. The Kier molecular flexibility index (Phi) is 2.95. The zero-order valence-corrected chi connectivity index (χ0v) is 13.4. The molecular formula is C16H12Br2. The van der Waals surface area contributed by atoms with Crippen LogP contribution in [0.3, 0.4) is 0 Å². The first-order valence-electron chi connectivity index (χ1n) is 5.86. The second-order valence-corrected chi connectivity index (χ2v) is 6.23. The van der Waals surface area contributed by atoms with E-state index in [9.17, 15) is 0 Å². The molecule has 3 aromatic carbocycles. The van der Waals surface area contributed by atoms with Crippen molar-refractivity contribution in [3.8, 4) is 0 Å². The standard InChI is InChI=1S/C16H12Br2/c1-9-3-5-11-12-6-4-10(2)16(18)14(12)8-7-13(11)15(9)17/h3-8H,1-2H3. The maximum absolute atomic E-state index is 3.69. The van der Waals surface area contributed by atoms with Crippen molar-refractivity contribution in [3.63, 3.8) is 0 Å². The quantitative estimate of drug-likeness (QED) is 0.421. The average molecular weight is 364 g/mol. The molecule has 0 spiro atoms. The van der Waals surface area contributed by atoms with Crippen LogP contribution in [0.15, 0.2) is 45.3 Å². The predicted molar refractivity (Wildman–Crippen MR) is 86.3 cm³/mol. The molecule has 2 heteroatoms. The van der Waals surface area contributed by atoms with Crippen molar-refractivity contribution in [3.05, 3.63) is 56.5 Å². The van der Waals surface area contributed by atoms with Crippen molar-refractivity contribution in [2.45, 2.75) is 13.8 Å². The van der Waals surface area contributed by atoms with Gasteiger partial charge in [-0.15, -0.1) is 0 Å². The maximum atomic E-state index is 3.69. The summed E-state index contributed by atoms with van der Waals surface area (Å²) >= 11 is 7.38. The molecule has 0 N–H and O–H groups in total. The topological polar surface area (TPSA) is 0 Å². The molecule has 0 unspecified atom stereocenters. The Hall–Kier alpha value is -0.860. The number of hydrogen-bond donors (Lipinski definition) is 0. The van der Waals surface area contributed by atoms with Gasteiger partial charge in [-0.25, -0.2) is 0 Å². The highest BCUT2D eigenvalue weighted by Crippen LogP contribution is 2.36. The molecule has 3 rings (SSSR count). The third-order valence-electron chi connectivity index (χ3n) is 3.45. The lowest BCUT2D eigenvalue weighted by molar-refractivity contribution is 1.46. The minimum atomic E-state index is 1.19. The van der Waals surface area contributed by atoms with E-state index in [4.69, 9.17) is 0 Å². The van der Waals surface area contributed by atoms with Crippen LogP contribution in [0.2, 0.25) is 0 Å². The van der Waals surface area contributed by atoms with Gasteiger partial charge < -0.3 is 0 Å². The van der Waals surface area contributed by atoms with E-state index < -0.39 is 0 Å². The number of rotatable bonds is 0. The molecule has 0 fully saturated rings. The minimum absolute atomic E-state index is 1.19. The SMILES string of the molecule is Cc1ccc2c(ccc3c(Br)c(C)ccc32)c1Br. The Balaban J connectivity index is 2.56. The normalized spacial score (nSPS) is 11.3. The van der Waals surface area contributed by atoms with Crippen molar-refractivity contribution >= 4 is 53.4 Å². The summed E-state index contributed by atoms with van der Waals surface area (Å²) in [6.45, 7) is 4.25.